The maximum Gasteiger partial charge on any atom is 0.339 e. The van der Waals surface area contributed by atoms with Crippen molar-refractivity contribution in [3.05, 3.63) is 52.1 Å². The highest BCUT2D eigenvalue weighted by atomic mass is 79.9. The quantitative estimate of drug-likeness (QED) is 0.904. The molecule has 0 fully saturated rings. The average Bonchev–Trinajstić information content (AvgIpc) is 2.36. The van der Waals surface area contributed by atoms with Gasteiger partial charge in [0.25, 0.3) is 0 Å². The Morgan fingerprint density at radius 2 is 2.11 bits per heavy atom. The maximum atomic E-state index is 13.5. The minimum absolute atomic E-state index is 0.0693. The van der Waals surface area contributed by atoms with Gasteiger partial charge in [-0.2, -0.15) is 0 Å². The van der Waals surface area contributed by atoms with E-state index in [4.69, 9.17) is 5.11 Å². The second-order valence-corrected chi connectivity index (χ2v) is 4.50. The number of carboxylic acid groups (broad SMARTS) is 1. The number of hydrogen-bond acceptors (Lipinski definition) is 3. The van der Waals surface area contributed by atoms with E-state index in [0.717, 1.165) is 6.07 Å². The van der Waals surface area contributed by atoms with Crippen molar-refractivity contribution < 1.29 is 18.7 Å². The van der Waals surface area contributed by atoms with Gasteiger partial charge in [0, 0.05) is 10.7 Å². The van der Waals surface area contributed by atoms with Gasteiger partial charge < -0.3 is 10.4 Å². The van der Waals surface area contributed by atoms with Crippen molar-refractivity contribution in [1.29, 1.82) is 0 Å². The Morgan fingerprint density at radius 1 is 1.37 bits per heavy atom. The van der Waals surface area contributed by atoms with E-state index in [0.29, 0.717) is 4.47 Å². The third kappa shape index (κ3) is 2.87. The summed E-state index contributed by atoms with van der Waals surface area (Å²) in [6.07, 6.45) is 1.35. The minimum Gasteiger partial charge on any atom is -0.478 e. The van der Waals surface area contributed by atoms with Crippen LogP contribution in [0.2, 0.25) is 0 Å². The van der Waals surface area contributed by atoms with Crippen LogP contribution in [0.4, 0.5) is 20.3 Å². The molecule has 2 rings (SSSR count). The van der Waals surface area contributed by atoms with E-state index in [9.17, 15) is 13.6 Å². The zero-order valence-corrected chi connectivity index (χ0v) is 10.9. The summed E-state index contributed by atoms with van der Waals surface area (Å²) in [6.45, 7) is 0. The number of halogens is 3. The number of anilines is 2. The van der Waals surface area contributed by atoms with Gasteiger partial charge in [-0.1, -0.05) is 6.07 Å². The first-order chi connectivity index (χ1) is 8.99. The molecule has 2 aromatic rings. The van der Waals surface area contributed by atoms with Gasteiger partial charge in [-0.05, 0) is 34.1 Å². The summed E-state index contributed by atoms with van der Waals surface area (Å²) in [6, 6.07) is 4.87. The monoisotopic (exact) mass is 328 g/mol. The lowest BCUT2D eigenvalue weighted by Gasteiger charge is -2.09. The van der Waals surface area contributed by atoms with Crippen molar-refractivity contribution in [3.8, 4) is 0 Å². The number of rotatable bonds is 3. The maximum absolute atomic E-state index is 13.5. The molecule has 0 amide bonds. The van der Waals surface area contributed by atoms with Crippen LogP contribution in [0, 0.1) is 11.6 Å². The number of hydrogen-bond donors (Lipinski definition) is 2. The molecule has 0 radical (unpaired) electrons. The molecular weight excluding hydrogens is 322 g/mol. The van der Waals surface area contributed by atoms with Crippen LogP contribution in [0.1, 0.15) is 10.4 Å². The van der Waals surface area contributed by atoms with Gasteiger partial charge in [-0.25, -0.2) is 18.6 Å². The number of aromatic carboxylic acids is 1. The van der Waals surface area contributed by atoms with Gasteiger partial charge in [0.05, 0.1) is 5.69 Å². The number of benzene rings is 1. The normalized spacial score (nSPS) is 10.3. The molecule has 7 heteroatoms. The Kier molecular flexibility index (Phi) is 3.75. The second-order valence-electron chi connectivity index (χ2n) is 3.58. The number of pyridine rings is 1. The molecule has 4 nitrogen and oxygen atoms in total. The van der Waals surface area contributed by atoms with Crippen LogP contribution in [-0.4, -0.2) is 16.1 Å². The Morgan fingerprint density at radius 3 is 2.79 bits per heavy atom. The first kappa shape index (κ1) is 13.4. The summed E-state index contributed by atoms with van der Waals surface area (Å²) in [5.41, 5.74) is -0.338. The highest BCUT2D eigenvalue weighted by Crippen LogP contribution is 2.24. The Bertz CT molecular complexity index is 650. The highest BCUT2D eigenvalue weighted by molar-refractivity contribution is 9.10. The van der Waals surface area contributed by atoms with Crippen molar-refractivity contribution in [3.63, 3.8) is 0 Å². The molecule has 0 aliphatic rings. The fourth-order valence-electron chi connectivity index (χ4n) is 1.43. The van der Waals surface area contributed by atoms with Crippen molar-refractivity contribution in [2.24, 2.45) is 0 Å². The summed E-state index contributed by atoms with van der Waals surface area (Å²) in [4.78, 5) is 14.9. The smallest absolute Gasteiger partial charge is 0.339 e. The average molecular weight is 329 g/mol. The van der Waals surface area contributed by atoms with Crippen LogP contribution in [-0.2, 0) is 0 Å². The van der Waals surface area contributed by atoms with Gasteiger partial charge in [-0.3, -0.25) is 0 Å². The number of nitrogens with one attached hydrogen (secondary N) is 1. The first-order valence-electron chi connectivity index (χ1n) is 5.09. The third-order valence-electron chi connectivity index (χ3n) is 2.29. The Labute approximate surface area is 115 Å². The zero-order valence-electron chi connectivity index (χ0n) is 9.32. The Balaban J connectivity index is 2.44. The first-order valence-corrected chi connectivity index (χ1v) is 5.88. The van der Waals surface area contributed by atoms with E-state index in [1.807, 2.05) is 0 Å². The molecule has 0 aliphatic carbocycles. The van der Waals surface area contributed by atoms with E-state index >= 15 is 0 Å². The molecule has 0 saturated carbocycles. The highest BCUT2D eigenvalue weighted by Gasteiger charge is 2.15. The van der Waals surface area contributed by atoms with Gasteiger partial charge in [0.15, 0.2) is 11.6 Å². The lowest BCUT2D eigenvalue weighted by molar-refractivity contribution is 0.0697. The largest absolute Gasteiger partial charge is 0.478 e. The van der Waals surface area contributed by atoms with Crippen molar-refractivity contribution in [2.45, 2.75) is 0 Å². The summed E-state index contributed by atoms with van der Waals surface area (Å²) < 4.78 is 27.0. The van der Waals surface area contributed by atoms with Gasteiger partial charge in [0.1, 0.15) is 11.4 Å². The van der Waals surface area contributed by atoms with E-state index in [1.54, 1.807) is 0 Å². The number of carboxylic acids is 1. The predicted molar refractivity (Wildman–Crippen MR) is 68.5 cm³/mol. The summed E-state index contributed by atoms with van der Waals surface area (Å²) in [5, 5.41) is 11.5. The van der Waals surface area contributed by atoms with Crippen LogP contribution < -0.4 is 5.32 Å². The van der Waals surface area contributed by atoms with E-state index < -0.39 is 17.6 Å². The van der Waals surface area contributed by atoms with Crippen molar-refractivity contribution >= 4 is 33.4 Å². The fourth-order valence-corrected chi connectivity index (χ4v) is 1.76. The summed E-state index contributed by atoms with van der Waals surface area (Å²) in [5.74, 6) is -3.42. The van der Waals surface area contributed by atoms with Crippen molar-refractivity contribution in [1.82, 2.24) is 4.98 Å². The molecule has 0 aliphatic heterocycles. The van der Waals surface area contributed by atoms with Gasteiger partial charge in [-0.15, -0.1) is 0 Å². The summed E-state index contributed by atoms with van der Waals surface area (Å²) >= 11 is 3.09. The third-order valence-corrected chi connectivity index (χ3v) is 2.72. The SMILES string of the molecule is O=C(O)c1cc(Br)cnc1Nc1cccc(F)c1F. The lowest BCUT2D eigenvalue weighted by Crippen LogP contribution is -2.06. The lowest BCUT2D eigenvalue weighted by atomic mass is 10.2. The molecule has 0 saturated heterocycles. The molecule has 1 heterocycles. The van der Waals surface area contributed by atoms with Crippen LogP contribution in [0.15, 0.2) is 34.9 Å². The van der Waals surface area contributed by atoms with E-state index in [-0.39, 0.29) is 17.1 Å². The van der Waals surface area contributed by atoms with Crippen molar-refractivity contribution in [2.75, 3.05) is 5.32 Å². The summed E-state index contributed by atoms with van der Waals surface area (Å²) in [7, 11) is 0. The fraction of sp³-hybridized carbons (Fsp3) is 0. The molecule has 1 aromatic heterocycles. The molecule has 98 valence electrons. The van der Waals surface area contributed by atoms with Crippen LogP contribution in [0.25, 0.3) is 0 Å². The number of nitrogens with zero attached hydrogens (tertiary/aromatic N) is 1. The predicted octanol–water partition coefficient (Wildman–Crippen LogP) is 3.56. The zero-order chi connectivity index (χ0) is 14.0. The standard InChI is InChI=1S/C12H7BrF2N2O2/c13-6-4-7(12(18)19)11(16-5-6)17-9-3-1-2-8(14)10(9)15/h1-5H,(H,16,17)(H,18,19). The minimum atomic E-state index is -1.23. The van der Waals surface area contributed by atoms with Crippen LogP contribution in [0.3, 0.4) is 0 Å². The molecule has 0 spiro atoms. The molecule has 0 unspecified atom stereocenters. The number of aromatic nitrogens is 1. The van der Waals surface area contributed by atoms with E-state index in [1.165, 1.54) is 24.4 Å². The number of carbonyl (C=O) groups is 1. The topological polar surface area (TPSA) is 62.2 Å². The second kappa shape index (κ2) is 5.31. The van der Waals surface area contributed by atoms with Crippen LogP contribution in [0.5, 0.6) is 0 Å². The van der Waals surface area contributed by atoms with Gasteiger partial charge in [0.2, 0.25) is 0 Å². The molecule has 0 bridgehead atoms. The molecule has 19 heavy (non-hydrogen) atoms. The molecule has 1 aromatic carbocycles. The Hall–Kier alpha value is -2.02. The van der Waals surface area contributed by atoms with E-state index in [2.05, 4.69) is 26.2 Å². The van der Waals surface area contributed by atoms with Gasteiger partial charge >= 0.3 is 5.97 Å². The molecule has 0 atom stereocenters. The molecular formula is C12H7BrF2N2O2. The van der Waals surface area contributed by atoms with Crippen LogP contribution >= 0.6 is 15.9 Å². The molecule has 2 N–H and O–H groups in total.